The van der Waals surface area contributed by atoms with Crippen molar-refractivity contribution in [2.45, 2.75) is 31.8 Å². The van der Waals surface area contributed by atoms with Crippen LogP contribution in [0.2, 0.25) is 0 Å². The van der Waals surface area contributed by atoms with E-state index in [0.29, 0.717) is 5.92 Å². The molecule has 0 fully saturated rings. The average Bonchev–Trinajstić information content (AvgIpc) is 2.38. The van der Waals surface area contributed by atoms with Gasteiger partial charge in [-0.15, -0.1) is 0 Å². The van der Waals surface area contributed by atoms with Crippen LogP contribution in [-0.2, 0) is 12.8 Å². The normalized spacial score (nSPS) is 22.6. The Kier molecular flexibility index (Phi) is 2.92. The number of aliphatic hydroxyl groups is 1. The maximum Gasteiger partial charge on any atom is 0.0621 e. The fourth-order valence-electron chi connectivity index (χ4n) is 3.03. The second-order valence-corrected chi connectivity index (χ2v) is 5.18. The van der Waals surface area contributed by atoms with E-state index in [-0.39, 0.29) is 6.10 Å². The second kappa shape index (κ2) is 4.58. The maximum atomic E-state index is 10.2. The Labute approximate surface area is 108 Å². The van der Waals surface area contributed by atoms with Gasteiger partial charge >= 0.3 is 0 Å². The first kappa shape index (κ1) is 11.5. The number of aliphatic hydroxyl groups excluding tert-OH is 1. The van der Waals surface area contributed by atoms with Crippen LogP contribution in [0.15, 0.2) is 48.5 Å². The van der Waals surface area contributed by atoms with Crippen molar-refractivity contribution in [1.29, 1.82) is 0 Å². The number of benzene rings is 2. The fourth-order valence-corrected chi connectivity index (χ4v) is 3.03. The van der Waals surface area contributed by atoms with Crippen molar-refractivity contribution >= 4 is 0 Å². The summed E-state index contributed by atoms with van der Waals surface area (Å²) < 4.78 is 0. The van der Waals surface area contributed by atoms with Crippen LogP contribution in [0, 0.1) is 0 Å². The zero-order valence-electron chi connectivity index (χ0n) is 10.6. The van der Waals surface area contributed by atoms with Crippen LogP contribution in [-0.4, -0.2) is 11.2 Å². The van der Waals surface area contributed by atoms with E-state index >= 15 is 0 Å². The summed E-state index contributed by atoms with van der Waals surface area (Å²) in [5.74, 6) is 0.407. The van der Waals surface area contributed by atoms with E-state index in [9.17, 15) is 5.11 Å². The van der Waals surface area contributed by atoms with Gasteiger partial charge in [0, 0.05) is 5.92 Å². The Bertz CT molecular complexity index is 510. The SMILES string of the molecule is CC1c2ccccc2CC(O)Cc2ccccc21. The Morgan fingerprint density at radius 1 is 0.833 bits per heavy atom. The van der Waals surface area contributed by atoms with Gasteiger partial charge in [-0.2, -0.15) is 0 Å². The molecule has 0 aromatic heterocycles. The summed E-state index contributed by atoms with van der Waals surface area (Å²) in [7, 11) is 0. The second-order valence-electron chi connectivity index (χ2n) is 5.18. The Morgan fingerprint density at radius 3 is 1.78 bits per heavy atom. The molecule has 0 saturated carbocycles. The number of rotatable bonds is 0. The minimum absolute atomic E-state index is 0.278. The van der Waals surface area contributed by atoms with E-state index in [2.05, 4.69) is 55.5 Å². The molecule has 0 atom stereocenters. The third kappa shape index (κ3) is 1.95. The maximum absolute atomic E-state index is 10.2. The van der Waals surface area contributed by atoms with Crippen LogP contribution in [0.4, 0.5) is 0 Å². The molecule has 0 heterocycles. The Hall–Kier alpha value is -1.60. The summed E-state index contributed by atoms with van der Waals surface area (Å²) in [6, 6.07) is 17.0. The highest BCUT2D eigenvalue weighted by Gasteiger charge is 2.21. The van der Waals surface area contributed by atoms with Crippen molar-refractivity contribution in [2.75, 3.05) is 0 Å². The molecule has 0 spiro atoms. The van der Waals surface area contributed by atoms with Crippen molar-refractivity contribution in [3.05, 3.63) is 70.8 Å². The molecule has 1 aliphatic carbocycles. The van der Waals surface area contributed by atoms with Gasteiger partial charge in [0.05, 0.1) is 6.10 Å². The van der Waals surface area contributed by atoms with E-state index < -0.39 is 0 Å². The van der Waals surface area contributed by atoms with Crippen molar-refractivity contribution in [2.24, 2.45) is 0 Å². The molecule has 0 bridgehead atoms. The monoisotopic (exact) mass is 238 g/mol. The number of hydrogen-bond donors (Lipinski definition) is 1. The van der Waals surface area contributed by atoms with Crippen molar-refractivity contribution in [3.63, 3.8) is 0 Å². The molecule has 0 radical (unpaired) electrons. The third-order valence-corrected chi connectivity index (χ3v) is 3.95. The molecule has 1 heteroatoms. The van der Waals surface area contributed by atoms with E-state index in [1.807, 2.05) is 0 Å². The lowest BCUT2D eigenvalue weighted by atomic mass is 9.81. The number of fused-ring (bicyclic) bond motifs is 2. The van der Waals surface area contributed by atoms with Crippen LogP contribution < -0.4 is 0 Å². The van der Waals surface area contributed by atoms with Crippen molar-refractivity contribution in [3.8, 4) is 0 Å². The molecule has 3 rings (SSSR count). The van der Waals surface area contributed by atoms with E-state index in [0.717, 1.165) is 12.8 Å². The van der Waals surface area contributed by atoms with Crippen molar-refractivity contribution < 1.29 is 5.11 Å². The lowest BCUT2D eigenvalue weighted by molar-refractivity contribution is 0.174. The summed E-state index contributed by atoms with van der Waals surface area (Å²) >= 11 is 0. The molecule has 0 amide bonds. The summed E-state index contributed by atoms with van der Waals surface area (Å²) in [4.78, 5) is 0. The highest BCUT2D eigenvalue weighted by Crippen LogP contribution is 2.32. The lowest BCUT2D eigenvalue weighted by Gasteiger charge is -2.25. The van der Waals surface area contributed by atoms with Gasteiger partial charge in [-0.25, -0.2) is 0 Å². The van der Waals surface area contributed by atoms with E-state index in [1.54, 1.807) is 0 Å². The molecule has 1 nitrogen and oxygen atoms in total. The Balaban J connectivity index is 2.17. The first-order chi connectivity index (χ1) is 8.75. The standard InChI is InChI=1S/C17H18O/c1-12-16-8-4-2-6-13(16)10-15(18)11-14-7-3-5-9-17(12)14/h2-9,12,15,18H,10-11H2,1H3. The summed E-state index contributed by atoms with van der Waals surface area (Å²) in [6.45, 7) is 2.26. The quantitative estimate of drug-likeness (QED) is 0.746. The molecule has 2 aromatic rings. The minimum Gasteiger partial charge on any atom is -0.392 e. The van der Waals surface area contributed by atoms with Gasteiger partial charge in [-0.3, -0.25) is 0 Å². The first-order valence-corrected chi connectivity index (χ1v) is 6.59. The molecule has 2 aromatic carbocycles. The third-order valence-electron chi connectivity index (χ3n) is 3.95. The highest BCUT2D eigenvalue weighted by atomic mass is 16.3. The topological polar surface area (TPSA) is 20.2 Å². The lowest BCUT2D eigenvalue weighted by Crippen LogP contribution is -2.20. The molecule has 1 aliphatic rings. The summed E-state index contributed by atoms with van der Waals surface area (Å²) in [6.07, 6.45) is 1.24. The van der Waals surface area contributed by atoms with Crippen molar-refractivity contribution in [1.82, 2.24) is 0 Å². The molecule has 1 N–H and O–H groups in total. The van der Waals surface area contributed by atoms with Gasteiger partial charge in [0.2, 0.25) is 0 Å². The predicted octanol–water partition coefficient (Wildman–Crippen LogP) is 3.30. The van der Waals surface area contributed by atoms with Crippen LogP contribution in [0.5, 0.6) is 0 Å². The Morgan fingerprint density at radius 2 is 1.28 bits per heavy atom. The molecule has 92 valence electrons. The zero-order chi connectivity index (χ0) is 12.5. The van der Waals surface area contributed by atoms with Crippen LogP contribution in [0.25, 0.3) is 0 Å². The van der Waals surface area contributed by atoms with Crippen LogP contribution in [0.1, 0.15) is 35.1 Å². The molecule has 0 aliphatic heterocycles. The minimum atomic E-state index is -0.278. The van der Waals surface area contributed by atoms with E-state index in [4.69, 9.17) is 0 Å². The van der Waals surface area contributed by atoms with Gasteiger partial charge in [0.1, 0.15) is 0 Å². The smallest absolute Gasteiger partial charge is 0.0621 e. The zero-order valence-corrected chi connectivity index (χ0v) is 10.6. The summed E-state index contributed by atoms with van der Waals surface area (Å²) in [5.41, 5.74) is 5.27. The van der Waals surface area contributed by atoms with Gasteiger partial charge in [0.15, 0.2) is 0 Å². The van der Waals surface area contributed by atoms with Crippen LogP contribution in [0.3, 0.4) is 0 Å². The fraction of sp³-hybridized carbons (Fsp3) is 0.294. The molecule has 18 heavy (non-hydrogen) atoms. The number of hydrogen-bond acceptors (Lipinski definition) is 1. The first-order valence-electron chi connectivity index (χ1n) is 6.59. The molecular formula is C17H18O. The largest absolute Gasteiger partial charge is 0.392 e. The van der Waals surface area contributed by atoms with E-state index in [1.165, 1.54) is 22.3 Å². The van der Waals surface area contributed by atoms with Gasteiger partial charge in [0.25, 0.3) is 0 Å². The van der Waals surface area contributed by atoms with Gasteiger partial charge in [-0.1, -0.05) is 55.5 Å². The summed E-state index contributed by atoms with van der Waals surface area (Å²) in [5, 5.41) is 10.2. The highest BCUT2D eigenvalue weighted by molar-refractivity contribution is 5.43. The molecule has 0 unspecified atom stereocenters. The van der Waals surface area contributed by atoms with Crippen LogP contribution >= 0.6 is 0 Å². The predicted molar refractivity (Wildman–Crippen MR) is 73.8 cm³/mol. The molecular weight excluding hydrogens is 220 g/mol. The average molecular weight is 238 g/mol. The molecule has 0 saturated heterocycles. The van der Waals surface area contributed by atoms with Gasteiger partial charge < -0.3 is 5.11 Å². The van der Waals surface area contributed by atoms with Gasteiger partial charge in [-0.05, 0) is 35.1 Å².